The molecule has 0 saturated carbocycles. The second kappa shape index (κ2) is 15.8. The highest BCUT2D eigenvalue weighted by Crippen LogP contribution is 2.28. The first-order valence-electron chi connectivity index (χ1n) is 14.3. The first-order chi connectivity index (χ1) is 19.3. The van der Waals surface area contributed by atoms with E-state index in [4.69, 9.17) is 18.9 Å². The van der Waals surface area contributed by atoms with Crippen molar-refractivity contribution in [2.24, 2.45) is 0 Å². The molecule has 0 saturated heterocycles. The van der Waals surface area contributed by atoms with E-state index in [0.717, 1.165) is 18.9 Å². The molecular formula is C33H45NO7. The maximum Gasteiger partial charge on any atom is 0.375 e. The van der Waals surface area contributed by atoms with Crippen LogP contribution in [0, 0.1) is 0 Å². The standard InChI is InChI=1S/C33H45NO7/c1-8-9-10-11-12-15-22-38-25-20-18-24(19-21-25)30(36)34-26-16-13-14-17-27(26)39-28(31(37)41-33(5,6)7)23-29(35)40-32(2,3)4/h13-14,16-21,23H,8-12,15,22H2,1-7H3,(H,34,36)/b28-23-. The fourth-order valence-electron chi connectivity index (χ4n) is 3.64. The van der Waals surface area contributed by atoms with Gasteiger partial charge in [-0.2, -0.15) is 0 Å². The van der Waals surface area contributed by atoms with Crippen LogP contribution in [0.4, 0.5) is 5.69 Å². The number of unbranched alkanes of at least 4 members (excludes halogenated alkanes) is 5. The Balaban J connectivity index is 2.11. The number of carbonyl (C=O) groups is 3. The summed E-state index contributed by atoms with van der Waals surface area (Å²) < 4.78 is 22.4. The van der Waals surface area contributed by atoms with Crippen molar-refractivity contribution in [3.05, 3.63) is 65.9 Å². The van der Waals surface area contributed by atoms with Crippen LogP contribution in [-0.4, -0.2) is 35.7 Å². The van der Waals surface area contributed by atoms with Gasteiger partial charge in [-0.15, -0.1) is 0 Å². The van der Waals surface area contributed by atoms with E-state index in [2.05, 4.69) is 12.2 Å². The summed E-state index contributed by atoms with van der Waals surface area (Å²) in [6.45, 7) is 13.1. The van der Waals surface area contributed by atoms with Crippen LogP contribution in [0.5, 0.6) is 11.5 Å². The molecule has 8 heteroatoms. The highest BCUT2D eigenvalue weighted by atomic mass is 16.6. The highest BCUT2D eigenvalue weighted by molar-refractivity contribution is 6.05. The van der Waals surface area contributed by atoms with Crippen LogP contribution in [0.2, 0.25) is 0 Å². The van der Waals surface area contributed by atoms with Gasteiger partial charge in [-0.25, -0.2) is 9.59 Å². The number of anilines is 1. The lowest BCUT2D eigenvalue weighted by molar-refractivity contribution is -0.154. The monoisotopic (exact) mass is 567 g/mol. The zero-order valence-electron chi connectivity index (χ0n) is 25.5. The summed E-state index contributed by atoms with van der Waals surface area (Å²) in [5.74, 6) is -1.51. The Hall–Kier alpha value is -3.81. The average Bonchev–Trinajstić information content (AvgIpc) is 2.87. The molecule has 8 nitrogen and oxygen atoms in total. The summed E-state index contributed by atoms with van der Waals surface area (Å²) in [6, 6.07) is 13.5. The second-order valence-electron chi connectivity index (χ2n) is 11.7. The van der Waals surface area contributed by atoms with Crippen molar-refractivity contribution < 1.29 is 33.3 Å². The van der Waals surface area contributed by atoms with Gasteiger partial charge in [0, 0.05) is 5.56 Å². The maximum atomic E-state index is 13.0. The number of ether oxygens (including phenoxy) is 4. The van der Waals surface area contributed by atoms with Crippen molar-refractivity contribution in [2.75, 3.05) is 11.9 Å². The van der Waals surface area contributed by atoms with Crippen molar-refractivity contribution in [3.63, 3.8) is 0 Å². The summed E-state index contributed by atoms with van der Waals surface area (Å²) in [4.78, 5) is 38.4. The van der Waals surface area contributed by atoms with Gasteiger partial charge < -0.3 is 24.3 Å². The average molecular weight is 568 g/mol. The van der Waals surface area contributed by atoms with Crippen LogP contribution in [0.1, 0.15) is 97.3 Å². The molecule has 0 aliphatic rings. The molecule has 0 aliphatic heterocycles. The van der Waals surface area contributed by atoms with Crippen molar-refractivity contribution in [1.29, 1.82) is 0 Å². The summed E-state index contributed by atoms with van der Waals surface area (Å²) >= 11 is 0. The zero-order valence-corrected chi connectivity index (χ0v) is 25.5. The molecule has 224 valence electrons. The first-order valence-corrected chi connectivity index (χ1v) is 14.3. The lowest BCUT2D eigenvalue weighted by atomic mass is 10.1. The Morgan fingerprint density at radius 2 is 1.39 bits per heavy atom. The Morgan fingerprint density at radius 3 is 2.02 bits per heavy atom. The lowest BCUT2D eigenvalue weighted by Crippen LogP contribution is -2.28. The molecule has 0 atom stereocenters. The van der Waals surface area contributed by atoms with E-state index < -0.39 is 23.1 Å². The van der Waals surface area contributed by atoms with Gasteiger partial charge in [0.2, 0.25) is 5.76 Å². The molecule has 0 bridgehead atoms. The third-order valence-corrected chi connectivity index (χ3v) is 5.49. The van der Waals surface area contributed by atoms with Crippen molar-refractivity contribution in [2.45, 2.75) is 98.2 Å². The Bertz CT molecular complexity index is 1170. The van der Waals surface area contributed by atoms with Crippen LogP contribution < -0.4 is 14.8 Å². The van der Waals surface area contributed by atoms with Crippen LogP contribution in [-0.2, 0) is 19.1 Å². The molecule has 1 N–H and O–H groups in total. The quantitative estimate of drug-likeness (QED) is 0.108. The van der Waals surface area contributed by atoms with Gasteiger partial charge in [-0.05, 0) is 84.4 Å². The molecule has 0 spiro atoms. The van der Waals surface area contributed by atoms with Gasteiger partial charge in [0.1, 0.15) is 17.0 Å². The minimum Gasteiger partial charge on any atom is -0.494 e. The van der Waals surface area contributed by atoms with E-state index in [1.807, 2.05) is 0 Å². The smallest absolute Gasteiger partial charge is 0.375 e. The number of esters is 2. The van der Waals surface area contributed by atoms with Gasteiger partial charge in [0.15, 0.2) is 5.75 Å². The third-order valence-electron chi connectivity index (χ3n) is 5.49. The summed E-state index contributed by atoms with van der Waals surface area (Å²) in [6.07, 6.45) is 8.07. The number of benzene rings is 2. The van der Waals surface area contributed by atoms with Gasteiger partial charge in [-0.3, -0.25) is 4.79 Å². The van der Waals surface area contributed by atoms with Crippen LogP contribution in [0.15, 0.2) is 60.4 Å². The van der Waals surface area contributed by atoms with Gasteiger partial charge in [0.25, 0.3) is 5.91 Å². The molecule has 41 heavy (non-hydrogen) atoms. The van der Waals surface area contributed by atoms with Crippen LogP contribution >= 0.6 is 0 Å². The van der Waals surface area contributed by atoms with Gasteiger partial charge >= 0.3 is 11.9 Å². The summed E-state index contributed by atoms with van der Waals surface area (Å²) in [7, 11) is 0. The number of amides is 1. The molecule has 0 heterocycles. The highest BCUT2D eigenvalue weighted by Gasteiger charge is 2.25. The van der Waals surface area contributed by atoms with E-state index in [1.54, 1.807) is 90.1 Å². The van der Waals surface area contributed by atoms with Crippen molar-refractivity contribution in [1.82, 2.24) is 0 Å². The summed E-state index contributed by atoms with van der Waals surface area (Å²) in [5, 5.41) is 2.81. The Morgan fingerprint density at radius 1 is 0.780 bits per heavy atom. The normalized spacial score (nSPS) is 11.9. The fourth-order valence-corrected chi connectivity index (χ4v) is 3.64. The molecule has 2 aromatic rings. The first kappa shape index (κ1) is 33.4. The largest absolute Gasteiger partial charge is 0.494 e. The Kier molecular flexibility index (Phi) is 12.9. The van der Waals surface area contributed by atoms with E-state index >= 15 is 0 Å². The number of rotatable bonds is 14. The molecule has 0 aliphatic carbocycles. The lowest BCUT2D eigenvalue weighted by Gasteiger charge is -2.22. The third kappa shape index (κ3) is 13.4. The Labute approximate surface area is 244 Å². The number of hydrogen-bond acceptors (Lipinski definition) is 7. The number of para-hydroxylation sites is 2. The molecule has 0 unspecified atom stereocenters. The van der Waals surface area contributed by atoms with Gasteiger partial charge in [0.05, 0.1) is 18.4 Å². The number of carbonyl (C=O) groups excluding carboxylic acids is 3. The number of hydrogen-bond donors (Lipinski definition) is 1. The molecule has 0 radical (unpaired) electrons. The molecule has 0 fully saturated rings. The minimum atomic E-state index is -0.846. The maximum absolute atomic E-state index is 13.0. The molecular weight excluding hydrogens is 522 g/mol. The van der Waals surface area contributed by atoms with Crippen LogP contribution in [0.3, 0.4) is 0 Å². The van der Waals surface area contributed by atoms with Crippen molar-refractivity contribution >= 4 is 23.5 Å². The predicted molar refractivity (Wildman–Crippen MR) is 160 cm³/mol. The minimum absolute atomic E-state index is 0.153. The SMILES string of the molecule is CCCCCCCCOc1ccc(C(=O)Nc2ccccc2O/C(=C\C(=O)OC(C)(C)C)C(=O)OC(C)(C)C)cc1. The zero-order chi connectivity index (χ0) is 30.5. The molecule has 2 aromatic carbocycles. The van der Waals surface area contributed by atoms with E-state index in [0.29, 0.717) is 23.6 Å². The fraction of sp³-hybridized carbons (Fsp3) is 0.485. The molecule has 2 rings (SSSR count). The predicted octanol–water partition coefficient (Wildman–Crippen LogP) is 7.62. The van der Waals surface area contributed by atoms with E-state index in [1.165, 1.54) is 25.7 Å². The van der Waals surface area contributed by atoms with Crippen LogP contribution in [0.25, 0.3) is 0 Å². The topological polar surface area (TPSA) is 100 Å². The van der Waals surface area contributed by atoms with E-state index in [9.17, 15) is 14.4 Å². The second-order valence-corrected chi connectivity index (χ2v) is 11.7. The van der Waals surface area contributed by atoms with E-state index in [-0.39, 0.29) is 17.4 Å². The molecule has 0 aromatic heterocycles. The molecule has 1 amide bonds. The number of nitrogens with one attached hydrogen (secondary N) is 1. The van der Waals surface area contributed by atoms with Gasteiger partial charge in [-0.1, -0.05) is 51.2 Å². The summed E-state index contributed by atoms with van der Waals surface area (Å²) in [5.41, 5.74) is -0.873. The van der Waals surface area contributed by atoms with Crippen molar-refractivity contribution in [3.8, 4) is 11.5 Å².